The van der Waals surface area contributed by atoms with Crippen LogP contribution in [0.2, 0.25) is 5.02 Å². The number of carbonyl (C=O) groups excluding carboxylic acids is 1. The van der Waals surface area contributed by atoms with Gasteiger partial charge in [-0.05, 0) is 79.7 Å². The van der Waals surface area contributed by atoms with Gasteiger partial charge in [0.15, 0.2) is 0 Å². The Morgan fingerprint density at radius 2 is 1.82 bits per heavy atom. The number of anilines is 1. The van der Waals surface area contributed by atoms with Gasteiger partial charge < -0.3 is 20.8 Å². The van der Waals surface area contributed by atoms with Crippen molar-refractivity contribution in [3.63, 3.8) is 0 Å². The number of H-pyrrole nitrogens is 1. The van der Waals surface area contributed by atoms with Crippen LogP contribution in [0.5, 0.6) is 0 Å². The molecule has 33 heavy (non-hydrogen) atoms. The standard InChI is InChI=1S/C25H21ClN4O3/c1-12-8-15-10-18(24(31)30-20(15)9-13(12)2)22-19(11-27)23(28)33-14(3)21(22)25(32)29-17-6-4-16(26)5-7-17/h4-10,22H,28H2,1-3H3,(H,29,32)(H,30,31). The Bertz CT molecular complexity index is 1460. The predicted octanol–water partition coefficient (Wildman–Crippen LogP) is 4.52. The summed E-state index contributed by atoms with van der Waals surface area (Å²) < 4.78 is 5.51. The van der Waals surface area contributed by atoms with Crippen LogP contribution in [-0.4, -0.2) is 10.9 Å². The highest BCUT2D eigenvalue weighted by Gasteiger charge is 2.37. The third kappa shape index (κ3) is 4.09. The number of aromatic amines is 1. The van der Waals surface area contributed by atoms with Crippen LogP contribution in [0.25, 0.3) is 10.9 Å². The minimum atomic E-state index is -0.995. The van der Waals surface area contributed by atoms with E-state index in [1.807, 2.05) is 32.0 Å². The number of nitrogens with zero attached hydrogens (tertiary/aromatic N) is 1. The number of carbonyl (C=O) groups is 1. The van der Waals surface area contributed by atoms with Crippen LogP contribution >= 0.6 is 11.6 Å². The zero-order chi connectivity index (χ0) is 23.9. The lowest BCUT2D eigenvalue weighted by Crippen LogP contribution is -2.30. The van der Waals surface area contributed by atoms with Crippen LogP contribution < -0.4 is 16.6 Å². The molecule has 0 spiro atoms. The molecule has 4 rings (SSSR count). The Hall–Kier alpha value is -4.02. The Kier molecular flexibility index (Phi) is 5.71. The maximum atomic E-state index is 13.3. The van der Waals surface area contributed by atoms with Gasteiger partial charge in [0.25, 0.3) is 11.5 Å². The van der Waals surface area contributed by atoms with Crippen LogP contribution in [0.1, 0.15) is 29.5 Å². The van der Waals surface area contributed by atoms with Crippen molar-refractivity contribution in [2.24, 2.45) is 5.73 Å². The number of aryl methyl sites for hydroxylation is 2. The minimum absolute atomic E-state index is 0.00413. The van der Waals surface area contributed by atoms with Gasteiger partial charge in [-0.15, -0.1) is 0 Å². The van der Waals surface area contributed by atoms with Crippen molar-refractivity contribution in [2.75, 3.05) is 5.32 Å². The largest absolute Gasteiger partial charge is 0.445 e. The van der Waals surface area contributed by atoms with Gasteiger partial charge in [-0.25, -0.2) is 0 Å². The highest BCUT2D eigenvalue weighted by atomic mass is 35.5. The highest BCUT2D eigenvalue weighted by molar-refractivity contribution is 6.30. The SMILES string of the molecule is CC1=C(C(=O)Nc2ccc(Cl)cc2)C(c2cc3cc(C)c(C)cc3[nH]c2=O)C(C#N)=C(N)O1. The van der Waals surface area contributed by atoms with Gasteiger partial charge in [0, 0.05) is 21.8 Å². The number of nitrogens with two attached hydrogens (primary N) is 1. The van der Waals surface area contributed by atoms with Crippen LogP contribution in [0.3, 0.4) is 0 Å². The second kappa shape index (κ2) is 8.49. The maximum Gasteiger partial charge on any atom is 0.255 e. The number of amides is 1. The van der Waals surface area contributed by atoms with Crippen LogP contribution in [0.15, 0.2) is 70.0 Å². The molecule has 0 radical (unpaired) electrons. The van der Waals surface area contributed by atoms with E-state index in [4.69, 9.17) is 22.1 Å². The van der Waals surface area contributed by atoms with Crippen molar-refractivity contribution in [3.05, 3.63) is 97.3 Å². The first-order valence-corrected chi connectivity index (χ1v) is 10.6. The number of hydrogen-bond donors (Lipinski definition) is 3. The number of hydrogen-bond acceptors (Lipinski definition) is 5. The third-order valence-electron chi connectivity index (χ3n) is 5.75. The summed E-state index contributed by atoms with van der Waals surface area (Å²) in [6.07, 6.45) is 0. The normalized spacial score (nSPS) is 15.9. The fourth-order valence-corrected chi connectivity index (χ4v) is 4.05. The number of fused-ring (bicyclic) bond motifs is 1. The summed E-state index contributed by atoms with van der Waals surface area (Å²) in [5.74, 6) is -1.43. The van der Waals surface area contributed by atoms with Gasteiger partial charge in [0.2, 0.25) is 5.88 Å². The predicted molar refractivity (Wildman–Crippen MR) is 127 cm³/mol. The number of rotatable bonds is 3. The van der Waals surface area contributed by atoms with E-state index in [2.05, 4.69) is 10.3 Å². The summed E-state index contributed by atoms with van der Waals surface area (Å²) in [6, 6.07) is 14.2. The van der Waals surface area contributed by atoms with Crippen molar-refractivity contribution in [3.8, 4) is 6.07 Å². The molecule has 2 aromatic carbocycles. The maximum absolute atomic E-state index is 13.3. The summed E-state index contributed by atoms with van der Waals surface area (Å²) in [5, 5.41) is 13.9. The first kappa shape index (κ1) is 22.2. The molecule has 1 aliphatic rings. The van der Waals surface area contributed by atoms with Crippen LogP contribution in [-0.2, 0) is 9.53 Å². The molecule has 1 aromatic heterocycles. The number of benzene rings is 2. The first-order chi connectivity index (χ1) is 15.7. The smallest absolute Gasteiger partial charge is 0.255 e. The number of nitriles is 1. The highest BCUT2D eigenvalue weighted by Crippen LogP contribution is 2.39. The molecule has 0 saturated carbocycles. The number of pyridine rings is 1. The average Bonchev–Trinajstić information content (AvgIpc) is 2.75. The van der Waals surface area contributed by atoms with Crippen molar-refractivity contribution < 1.29 is 9.53 Å². The molecule has 7 nitrogen and oxygen atoms in total. The summed E-state index contributed by atoms with van der Waals surface area (Å²) in [5.41, 5.74) is 9.19. The third-order valence-corrected chi connectivity index (χ3v) is 6.00. The Labute approximate surface area is 195 Å². The van der Waals surface area contributed by atoms with E-state index in [0.29, 0.717) is 16.2 Å². The zero-order valence-electron chi connectivity index (χ0n) is 18.2. The van der Waals surface area contributed by atoms with Gasteiger partial charge in [-0.2, -0.15) is 5.26 Å². The number of ether oxygens (including phenoxy) is 1. The lowest BCUT2D eigenvalue weighted by molar-refractivity contribution is -0.113. The summed E-state index contributed by atoms with van der Waals surface area (Å²) in [4.78, 5) is 29.3. The average molecular weight is 461 g/mol. The zero-order valence-corrected chi connectivity index (χ0v) is 19.0. The summed E-state index contributed by atoms with van der Waals surface area (Å²) >= 11 is 5.93. The summed E-state index contributed by atoms with van der Waals surface area (Å²) in [7, 11) is 0. The number of nitrogens with one attached hydrogen (secondary N) is 2. The van der Waals surface area contributed by atoms with Crippen LogP contribution in [0, 0.1) is 25.2 Å². The molecule has 0 saturated heterocycles. The van der Waals surface area contributed by atoms with Crippen LogP contribution in [0.4, 0.5) is 5.69 Å². The van der Waals surface area contributed by atoms with E-state index in [1.165, 1.54) is 0 Å². The van der Waals surface area contributed by atoms with Gasteiger partial charge in [-0.1, -0.05) is 11.6 Å². The Morgan fingerprint density at radius 1 is 1.15 bits per heavy atom. The van der Waals surface area contributed by atoms with E-state index >= 15 is 0 Å². The lowest BCUT2D eigenvalue weighted by Gasteiger charge is -2.27. The quantitative estimate of drug-likeness (QED) is 0.530. The van der Waals surface area contributed by atoms with Crippen molar-refractivity contribution in [1.29, 1.82) is 5.26 Å². The lowest BCUT2D eigenvalue weighted by atomic mass is 9.82. The second-order valence-corrected chi connectivity index (χ2v) is 8.37. The molecular formula is C25H21ClN4O3. The fraction of sp³-hybridized carbons (Fsp3) is 0.160. The molecule has 2 heterocycles. The minimum Gasteiger partial charge on any atom is -0.445 e. The first-order valence-electron chi connectivity index (χ1n) is 10.2. The molecule has 1 amide bonds. The number of aromatic nitrogens is 1. The van der Waals surface area contributed by atoms with E-state index in [1.54, 1.807) is 37.3 Å². The molecule has 3 aromatic rings. The monoisotopic (exact) mass is 460 g/mol. The van der Waals surface area contributed by atoms with E-state index in [-0.39, 0.29) is 28.4 Å². The molecule has 0 fully saturated rings. The molecule has 0 aliphatic carbocycles. The van der Waals surface area contributed by atoms with Gasteiger partial charge in [0.1, 0.15) is 17.4 Å². The molecule has 1 unspecified atom stereocenters. The topological polar surface area (TPSA) is 121 Å². The molecule has 1 aliphatic heterocycles. The Balaban J connectivity index is 1.87. The van der Waals surface area contributed by atoms with Crippen molar-refractivity contribution in [2.45, 2.75) is 26.7 Å². The molecule has 4 N–H and O–H groups in total. The number of halogens is 1. The van der Waals surface area contributed by atoms with E-state index in [9.17, 15) is 14.9 Å². The molecular weight excluding hydrogens is 440 g/mol. The summed E-state index contributed by atoms with van der Waals surface area (Å²) in [6.45, 7) is 5.51. The van der Waals surface area contributed by atoms with Gasteiger partial charge in [0.05, 0.1) is 11.5 Å². The Morgan fingerprint density at radius 3 is 2.48 bits per heavy atom. The van der Waals surface area contributed by atoms with E-state index < -0.39 is 17.4 Å². The fourth-order valence-electron chi connectivity index (χ4n) is 3.93. The van der Waals surface area contributed by atoms with E-state index in [0.717, 1.165) is 16.5 Å². The molecule has 8 heteroatoms. The van der Waals surface area contributed by atoms with Gasteiger partial charge in [-0.3, -0.25) is 9.59 Å². The molecule has 1 atom stereocenters. The molecule has 166 valence electrons. The van der Waals surface area contributed by atoms with Crippen molar-refractivity contribution in [1.82, 2.24) is 4.98 Å². The second-order valence-electron chi connectivity index (χ2n) is 7.93. The molecule has 0 bridgehead atoms. The number of allylic oxidation sites excluding steroid dienone is 2. The van der Waals surface area contributed by atoms with Crippen molar-refractivity contribution >= 4 is 34.1 Å². The van der Waals surface area contributed by atoms with Gasteiger partial charge >= 0.3 is 0 Å².